The Morgan fingerprint density at radius 2 is 1.79 bits per heavy atom. The fraction of sp³-hybridized carbons (Fsp3) is 0.208. The number of thioether (sulfide) groups is 1. The Balaban J connectivity index is 1.67. The summed E-state index contributed by atoms with van der Waals surface area (Å²) >= 11 is 13.5. The molecule has 0 atom stereocenters. The van der Waals surface area contributed by atoms with Crippen LogP contribution in [0, 0.1) is 12.7 Å². The van der Waals surface area contributed by atoms with Crippen LogP contribution in [0.4, 0.5) is 10.1 Å². The monoisotopic (exact) mass is 540 g/mol. The van der Waals surface area contributed by atoms with Crippen LogP contribution in [0.1, 0.15) is 11.1 Å². The van der Waals surface area contributed by atoms with Crippen LogP contribution in [-0.2, 0) is 20.6 Å². The van der Waals surface area contributed by atoms with Crippen molar-refractivity contribution in [3.8, 4) is 0 Å². The fourth-order valence-corrected chi connectivity index (χ4v) is 6.14. The van der Waals surface area contributed by atoms with Crippen LogP contribution in [-0.4, -0.2) is 33.2 Å². The summed E-state index contributed by atoms with van der Waals surface area (Å²) in [5.41, 5.74) is 1.41. The normalized spacial score (nSPS) is 11.3. The Kier molecular flexibility index (Phi) is 9.24. The first kappa shape index (κ1) is 26.3. The Hall–Kier alpha value is -2.26. The van der Waals surface area contributed by atoms with E-state index in [1.807, 2.05) is 0 Å². The number of carbonyl (C=O) groups is 1. The molecule has 0 fully saturated rings. The summed E-state index contributed by atoms with van der Waals surface area (Å²) in [5.74, 6) is 0.0318. The summed E-state index contributed by atoms with van der Waals surface area (Å²) in [7, 11) is -4.00. The lowest BCUT2D eigenvalue weighted by Crippen LogP contribution is -2.41. The van der Waals surface area contributed by atoms with E-state index in [-0.39, 0.29) is 17.3 Å². The van der Waals surface area contributed by atoms with Gasteiger partial charge in [-0.2, -0.15) is 11.8 Å². The number of rotatable bonds is 10. The average molecular weight is 541 g/mol. The van der Waals surface area contributed by atoms with E-state index in [0.717, 1.165) is 4.31 Å². The SMILES string of the molecule is Cc1cc(Cl)ccc1N(CC(=O)NCCSCc1c(F)cccc1Cl)S(=O)(=O)c1ccccc1. The van der Waals surface area contributed by atoms with Crippen molar-refractivity contribution in [3.63, 3.8) is 0 Å². The third-order valence-electron chi connectivity index (χ3n) is 4.92. The molecule has 0 saturated heterocycles. The molecule has 180 valence electrons. The van der Waals surface area contributed by atoms with Crippen molar-refractivity contribution in [1.82, 2.24) is 5.32 Å². The third kappa shape index (κ3) is 6.66. The minimum atomic E-state index is -4.00. The molecule has 0 unspecified atom stereocenters. The molecule has 1 amide bonds. The van der Waals surface area contributed by atoms with Gasteiger partial charge in [0.25, 0.3) is 10.0 Å². The van der Waals surface area contributed by atoms with E-state index < -0.39 is 22.5 Å². The molecular weight excluding hydrogens is 518 g/mol. The zero-order chi connectivity index (χ0) is 24.7. The number of carbonyl (C=O) groups excluding carboxylic acids is 1. The second kappa shape index (κ2) is 11.9. The maximum Gasteiger partial charge on any atom is 0.264 e. The van der Waals surface area contributed by atoms with Crippen LogP contribution in [0.5, 0.6) is 0 Å². The summed E-state index contributed by atoms with van der Waals surface area (Å²) < 4.78 is 41.7. The molecule has 0 heterocycles. The van der Waals surface area contributed by atoms with Gasteiger partial charge in [-0.1, -0.05) is 47.5 Å². The standard InChI is InChI=1S/C24H23Cl2FN2O3S2/c1-17-14-18(25)10-11-23(17)29(34(31,32)19-6-3-2-4-7-19)15-24(30)28-12-13-33-16-20-21(26)8-5-9-22(20)27/h2-11,14H,12-13,15-16H2,1H3,(H,28,30). The van der Waals surface area contributed by atoms with Gasteiger partial charge in [-0.3, -0.25) is 9.10 Å². The number of anilines is 1. The first-order valence-corrected chi connectivity index (χ1v) is 13.7. The minimum Gasteiger partial charge on any atom is -0.354 e. The molecule has 1 N–H and O–H groups in total. The highest BCUT2D eigenvalue weighted by atomic mass is 35.5. The number of nitrogens with zero attached hydrogens (tertiary/aromatic N) is 1. The number of aryl methyl sites for hydroxylation is 1. The van der Waals surface area contributed by atoms with Crippen LogP contribution in [0.25, 0.3) is 0 Å². The molecule has 0 aromatic heterocycles. The van der Waals surface area contributed by atoms with Gasteiger partial charge in [-0.15, -0.1) is 0 Å². The molecule has 0 aliphatic heterocycles. The maximum atomic E-state index is 13.9. The lowest BCUT2D eigenvalue weighted by atomic mass is 10.2. The highest BCUT2D eigenvalue weighted by Gasteiger charge is 2.28. The molecule has 0 aliphatic carbocycles. The zero-order valence-electron chi connectivity index (χ0n) is 18.3. The molecule has 0 radical (unpaired) electrons. The van der Waals surface area contributed by atoms with Crippen LogP contribution >= 0.6 is 35.0 Å². The van der Waals surface area contributed by atoms with Gasteiger partial charge in [-0.05, 0) is 55.0 Å². The first-order valence-electron chi connectivity index (χ1n) is 10.3. The van der Waals surface area contributed by atoms with Crippen LogP contribution in [0.15, 0.2) is 71.6 Å². The van der Waals surface area contributed by atoms with Gasteiger partial charge in [0.05, 0.1) is 10.6 Å². The number of sulfonamides is 1. The Morgan fingerprint density at radius 1 is 1.06 bits per heavy atom. The summed E-state index contributed by atoms with van der Waals surface area (Å²) in [5, 5.41) is 3.56. The molecule has 3 aromatic carbocycles. The van der Waals surface area contributed by atoms with Crippen LogP contribution in [0.2, 0.25) is 10.0 Å². The summed E-state index contributed by atoms with van der Waals surface area (Å²) in [4.78, 5) is 12.8. The van der Waals surface area contributed by atoms with Crippen molar-refractivity contribution in [2.75, 3.05) is 23.1 Å². The second-order valence-corrected chi connectivity index (χ2v) is 11.2. The van der Waals surface area contributed by atoms with E-state index in [0.29, 0.717) is 38.4 Å². The van der Waals surface area contributed by atoms with Gasteiger partial charge in [0.1, 0.15) is 12.4 Å². The number of hydrogen-bond acceptors (Lipinski definition) is 4. The molecule has 34 heavy (non-hydrogen) atoms. The lowest BCUT2D eigenvalue weighted by molar-refractivity contribution is -0.119. The number of halogens is 3. The zero-order valence-corrected chi connectivity index (χ0v) is 21.4. The quantitative estimate of drug-likeness (QED) is 0.335. The van der Waals surface area contributed by atoms with E-state index in [1.54, 1.807) is 55.5 Å². The van der Waals surface area contributed by atoms with Crippen molar-refractivity contribution in [3.05, 3.63) is 93.7 Å². The number of benzene rings is 3. The number of amides is 1. The topological polar surface area (TPSA) is 66.5 Å². The van der Waals surface area contributed by atoms with Crippen molar-refractivity contribution >= 4 is 56.6 Å². The summed E-state index contributed by atoms with van der Waals surface area (Å²) in [6.07, 6.45) is 0. The molecule has 3 aromatic rings. The van der Waals surface area contributed by atoms with Crippen molar-refractivity contribution < 1.29 is 17.6 Å². The molecule has 0 bridgehead atoms. The Labute approximate surface area is 213 Å². The minimum absolute atomic E-state index is 0.0782. The van der Waals surface area contributed by atoms with Crippen molar-refractivity contribution in [2.24, 2.45) is 0 Å². The molecule has 0 saturated carbocycles. The molecule has 3 rings (SSSR count). The average Bonchev–Trinajstić information content (AvgIpc) is 2.80. The lowest BCUT2D eigenvalue weighted by Gasteiger charge is -2.25. The van der Waals surface area contributed by atoms with Crippen molar-refractivity contribution in [2.45, 2.75) is 17.6 Å². The highest BCUT2D eigenvalue weighted by molar-refractivity contribution is 7.98. The predicted molar refractivity (Wildman–Crippen MR) is 138 cm³/mol. The highest BCUT2D eigenvalue weighted by Crippen LogP contribution is 2.29. The summed E-state index contributed by atoms with van der Waals surface area (Å²) in [6.45, 7) is 1.62. The smallest absolute Gasteiger partial charge is 0.264 e. The van der Waals surface area contributed by atoms with E-state index in [9.17, 15) is 17.6 Å². The number of hydrogen-bond donors (Lipinski definition) is 1. The molecule has 10 heteroatoms. The van der Waals surface area contributed by atoms with Gasteiger partial charge >= 0.3 is 0 Å². The molecule has 0 aliphatic rings. The third-order valence-corrected chi connectivity index (χ3v) is 8.27. The van der Waals surface area contributed by atoms with Crippen LogP contribution in [0.3, 0.4) is 0 Å². The molecule has 0 spiro atoms. The van der Waals surface area contributed by atoms with E-state index in [2.05, 4.69) is 5.32 Å². The van der Waals surface area contributed by atoms with Gasteiger partial charge < -0.3 is 5.32 Å². The van der Waals surface area contributed by atoms with Gasteiger partial charge in [0.2, 0.25) is 5.91 Å². The van der Waals surface area contributed by atoms with E-state index >= 15 is 0 Å². The van der Waals surface area contributed by atoms with Crippen LogP contribution < -0.4 is 9.62 Å². The number of nitrogens with one attached hydrogen (secondary N) is 1. The summed E-state index contributed by atoms with van der Waals surface area (Å²) in [6, 6.07) is 17.3. The van der Waals surface area contributed by atoms with Gasteiger partial charge in [0, 0.05) is 33.7 Å². The Morgan fingerprint density at radius 3 is 2.47 bits per heavy atom. The second-order valence-electron chi connectivity index (χ2n) is 7.36. The molecule has 5 nitrogen and oxygen atoms in total. The fourth-order valence-electron chi connectivity index (χ4n) is 3.21. The Bertz CT molecular complexity index is 1240. The molecular formula is C24H23Cl2FN2O3S2. The van der Waals surface area contributed by atoms with Gasteiger partial charge in [-0.25, -0.2) is 12.8 Å². The van der Waals surface area contributed by atoms with E-state index in [1.165, 1.54) is 30.0 Å². The maximum absolute atomic E-state index is 13.9. The van der Waals surface area contributed by atoms with Crippen molar-refractivity contribution in [1.29, 1.82) is 0 Å². The first-order chi connectivity index (χ1) is 16.2. The predicted octanol–water partition coefficient (Wildman–Crippen LogP) is 5.69. The largest absolute Gasteiger partial charge is 0.354 e. The van der Waals surface area contributed by atoms with Gasteiger partial charge in [0.15, 0.2) is 0 Å². The van der Waals surface area contributed by atoms with E-state index in [4.69, 9.17) is 23.2 Å².